The zero-order valence-electron chi connectivity index (χ0n) is 18.9. The third-order valence-corrected chi connectivity index (χ3v) is 5.97. The van der Waals surface area contributed by atoms with Gasteiger partial charge in [0.25, 0.3) is 11.8 Å². The molecular weight excluding hydrogens is 416 g/mol. The fourth-order valence-electron chi connectivity index (χ4n) is 4.14. The van der Waals surface area contributed by atoms with Crippen LogP contribution < -0.4 is 5.32 Å². The average Bonchev–Trinajstić information content (AvgIpc) is 2.86. The summed E-state index contributed by atoms with van der Waals surface area (Å²) in [5.74, 6) is 0.298. The van der Waals surface area contributed by atoms with Gasteiger partial charge in [0.15, 0.2) is 0 Å². The van der Waals surface area contributed by atoms with Crippen LogP contribution in [0, 0.1) is 6.92 Å². The lowest BCUT2D eigenvalue weighted by atomic mass is 9.95. The summed E-state index contributed by atoms with van der Waals surface area (Å²) in [6.07, 6.45) is 4.64. The minimum absolute atomic E-state index is 0.0550. The van der Waals surface area contributed by atoms with Gasteiger partial charge in [-0.15, -0.1) is 0 Å². The number of nitrogens with one attached hydrogen (secondary N) is 1. The van der Waals surface area contributed by atoms with Crippen LogP contribution in [0.3, 0.4) is 0 Å². The Labute approximate surface area is 193 Å². The Morgan fingerprint density at radius 2 is 1.85 bits per heavy atom. The molecule has 1 saturated heterocycles. The fourth-order valence-corrected chi connectivity index (χ4v) is 4.14. The van der Waals surface area contributed by atoms with Crippen LogP contribution >= 0.6 is 0 Å². The van der Waals surface area contributed by atoms with Crippen molar-refractivity contribution >= 4 is 17.6 Å². The standard InChI is InChI=1S/C26H28N4O3/c1-3-30(26(32)22-8-4-5-14-27-22)21-13-16-33-23(17-21)19-9-11-20(12-10-19)25(31)29-24-18(2)7-6-15-28-24/h4-12,14-15,21,23H,3,13,16-17H2,1-2H3,(H,28,29,31)/t21-,23+/m1/s1. The fraction of sp³-hybridized carbons (Fsp3) is 0.308. The van der Waals surface area contributed by atoms with E-state index in [0.717, 1.165) is 17.5 Å². The van der Waals surface area contributed by atoms with Gasteiger partial charge in [0.1, 0.15) is 11.5 Å². The molecule has 2 aromatic heterocycles. The van der Waals surface area contributed by atoms with E-state index in [4.69, 9.17) is 4.74 Å². The maximum absolute atomic E-state index is 13.0. The number of ether oxygens (including phenoxy) is 1. The maximum atomic E-state index is 13.0. The van der Waals surface area contributed by atoms with E-state index in [9.17, 15) is 9.59 Å². The highest BCUT2D eigenvalue weighted by Crippen LogP contribution is 2.31. The number of aromatic nitrogens is 2. The molecule has 0 saturated carbocycles. The molecule has 7 nitrogen and oxygen atoms in total. The molecule has 0 spiro atoms. The number of rotatable bonds is 6. The minimum atomic E-state index is -0.205. The first-order chi connectivity index (χ1) is 16.1. The van der Waals surface area contributed by atoms with Gasteiger partial charge in [-0.3, -0.25) is 14.6 Å². The molecule has 1 fully saturated rings. The highest BCUT2D eigenvalue weighted by molar-refractivity contribution is 6.04. The van der Waals surface area contributed by atoms with E-state index in [0.29, 0.717) is 36.6 Å². The number of carbonyl (C=O) groups is 2. The molecule has 0 aliphatic carbocycles. The van der Waals surface area contributed by atoms with E-state index in [1.165, 1.54) is 0 Å². The van der Waals surface area contributed by atoms with Gasteiger partial charge < -0.3 is 15.0 Å². The monoisotopic (exact) mass is 444 g/mol. The third-order valence-electron chi connectivity index (χ3n) is 5.97. The Morgan fingerprint density at radius 3 is 2.55 bits per heavy atom. The number of aryl methyl sites for hydroxylation is 1. The van der Waals surface area contributed by atoms with Crippen molar-refractivity contribution in [2.24, 2.45) is 0 Å². The summed E-state index contributed by atoms with van der Waals surface area (Å²) >= 11 is 0. The molecular formula is C26H28N4O3. The number of carbonyl (C=O) groups excluding carboxylic acids is 2. The summed E-state index contributed by atoms with van der Waals surface area (Å²) in [4.78, 5) is 35.9. The normalized spacial score (nSPS) is 17.9. The molecule has 170 valence electrons. The molecule has 7 heteroatoms. The Hall–Kier alpha value is -3.58. The van der Waals surface area contributed by atoms with E-state index < -0.39 is 0 Å². The number of amides is 2. The van der Waals surface area contributed by atoms with Gasteiger partial charge in [-0.25, -0.2) is 4.98 Å². The first kappa shape index (κ1) is 22.6. The van der Waals surface area contributed by atoms with Gasteiger partial charge in [0.2, 0.25) is 0 Å². The van der Waals surface area contributed by atoms with Crippen molar-refractivity contribution in [1.29, 1.82) is 0 Å². The molecule has 0 unspecified atom stereocenters. The molecule has 3 aromatic rings. The number of hydrogen-bond donors (Lipinski definition) is 1. The van der Waals surface area contributed by atoms with Crippen molar-refractivity contribution in [1.82, 2.24) is 14.9 Å². The third kappa shape index (κ3) is 5.26. The summed E-state index contributed by atoms with van der Waals surface area (Å²) < 4.78 is 6.02. The molecule has 3 heterocycles. The Kier molecular flexibility index (Phi) is 7.10. The Morgan fingerprint density at radius 1 is 1.06 bits per heavy atom. The van der Waals surface area contributed by atoms with Crippen molar-refractivity contribution in [3.05, 3.63) is 89.4 Å². The van der Waals surface area contributed by atoms with Crippen LogP contribution in [0.5, 0.6) is 0 Å². The second kappa shape index (κ2) is 10.4. The van der Waals surface area contributed by atoms with Crippen LogP contribution in [0.4, 0.5) is 5.82 Å². The number of pyridine rings is 2. The van der Waals surface area contributed by atoms with Crippen LogP contribution in [-0.2, 0) is 4.74 Å². The molecule has 33 heavy (non-hydrogen) atoms. The molecule has 2 amide bonds. The number of nitrogens with zero attached hydrogens (tertiary/aromatic N) is 3. The molecule has 1 aliphatic rings. The van der Waals surface area contributed by atoms with E-state index in [2.05, 4.69) is 15.3 Å². The van der Waals surface area contributed by atoms with Gasteiger partial charge in [0, 0.05) is 37.2 Å². The summed E-state index contributed by atoms with van der Waals surface area (Å²) in [6.45, 7) is 5.07. The largest absolute Gasteiger partial charge is 0.373 e. The van der Waals surface area contributed by atoms with Crippen LogP contribution in [0.25, 0.3) is 0 Å². The Balaban J connectivity index is 1.43. The lowest BCUT2D eigenvalue weighted by molar-refractivity contribution is -0.0233. The highest BCUT2D eigenvalue weighted by atomic mass is 16.5. The molecule has 0 bridgehead atoms. The van der Waals surface area contributed by atoms with Gasteiger partial charge in [-0.2, -0.15) is 0 Å². The first-order valence-electron chi connectivity index (χ1n) is 11.2. The van der Waals surface area contributed by atoms with Crippen molar-refractivity contribution in [3.8, 4) is 0 Å². The lowest BCUT2D eigenvalue weighted by Crippen LogP contribution is -2.44. The van der Waals surface area contributed by atoms with Crippen molar-refractivity contribution in [3.63, 3.8) is 0 Å². The zero-order valence-corrected chi connectivity index (χ0v) is 18.9. The molecule has 1 aromatic carbocycles. The van der Waals surface area contributed by atoms with Gasteiger partial charge >= 0.3 is 0 Å². The average molecular weight is 445 g/mol. The predicted octanol–water partition coefficient (Wildman–Crippen LogP) is 4.42. The van der Waals surface area contributed by atoms with Crippen LogP contribution in [-0.4, -0.2) is 45.9 Å². The topological polar surface area (TPSA) is 84.4 Å². The maximum Gasteiger partial charge on any atom is 0.272 e. The van der Waals surface area contributed by atoms with E-state index in [1.807, 2.05) is 49.1 Å². The summed E-state index contributed by atoms with van der Waals surface area (Å²) in [7, 11) is 0. The minimum Gasteiger partial charge on any atom is -0.373 e. The Bertz CT molecular complexity index is 1100. The predicted molar refractivity (Wildman–Crippen MR) is 126 cm³/mol. The molecule has 1 N–H and O–H groups in total. The van der Waals surface area contributed by atoms with Gasteiger partial charge in [-0.1, -0.05) is 24.3 Å². The first-order valence-corrected chi connectivity index (χ1v) is 11.2. The highest BCUT2D eigenvalue weighted by Gasteiger charge is 2.31. The van der Waals surface area contributed by atoms with E-state index >= 15 is 0 Å². The molecule has 0 radical (unpaired) electrons. The summed E-state index contributed by atoms with van der Waals surface area (Å²) in [5, 5.41) is 2.85. The van der Waals surface area contributed by atoms with Gasteiger partial charge in [-0.05, 0) is 68.1 Å². The number of anilines is 1. The number of hydrogen-bond acceptors (Lipinski definition) is 5. The smallest absolute Gasteiger partial charge is 0.272 e. The van der Waals surface area contributed by atoms with Crippen molar-refractivity contribution in [2.75, 3.05) is 18.5 Å². The summed E-state index contributed by atoms with van der Waals surface area (Å²) in [5.41, 5.74) is 2.91. The second-order valence-corrected chi connectivity index (χ2v) is 8.09. The lowest BCUT2D eigenvalue weighted by Gasteiger charge is -2.37. The van der Waals surface area contributed by atoms with E-state index in [1.54, 1.807) is 36.7 Å². The van der Waals surface area contributed by atoms with Crippen LogP contribution in [0.15, 0.2) is 67.0 Å². The summed E-state index contributed by atoms with van der Waals surface area (Å²) in [6, 6.07) is 16.6. The SMILES string of the molecule is CCN(C(=O)c1ccccn1)[C@@H]1CCO[C@H](c2ccc(C(=O)Nc3ncccc3C)cc2)C1. The van der Waals surface area contributed by atoms with E-state index in [-0.39, 0.29) is 24.0 Å². The molecule has 4 rings (SSSR count). The second-order valence-electron chi connectivity index (χ2n) is 8.09. The number of benzene rings is 1. The van der Waals surface area contributed by atoms with Crippen molar-refractivity contribution < 1.29 is 14.3 Å². The van der Waals surface area contributed by atoms with Gasteiger partial charge in [0.05, 0.1) is 6.10 Å². The quantitative estimate of drug-likeness (QED) is 0.608. The molecule has 1 aliphatic heterocycles. The molecule has 2 atom stereocenters. The van der Waals surface area contributed by atoms with Crippen molar-refractivity contribution in [2.45, 2.75) is 38.8 Å². The van der Waals surface area contributed by atoms with Crippen LogP contribution in [0.1, 0.15) is 57.8 Å². The zero-order chi connectivity index (χ0) is 23.2. The van der Waals surface area contributed by atoms with Crippen LogP contribution in [0.2, 0.25) is 0 Å².